The Morgan fingerprint density at radius 1 is 1.16 bits per heavy atom. The molecule has 0 saturated carbocycles. The second-order valence-electron chi connectivity index (χ2n) is 9.18. The van der Waals surface area contributed by atoms with Crippen LogP contribution in [0.4, 0.5) is 0 Å². The molecular formula is C27H36N2O2. The molecule has 2 unspecified atom stereocenters. The molecule has 3 rings (SSSR count). The van der Waals surface area contributed by atoms with Gasteiger partial charge >= 0.3 is 0 Å². The lowest BCUT2D eigenvalue weighted by Crippen LogP contribution is -2.59. The van der Waals surface area contributed by atoms with Crippen LogP contribution in [0.5, 0.6) is 0 Å². The van der Waals surface area contributed by atoms with Crippen molar-refractivity contribution in [2.45, 2.75) is 65.3 Å². The highest BCUT2D eigenvalue weighted by molar-refractivity contribution is 6.01. The summed E-state index contributed by atoms with van der Waals surface area (Å²) in [5.74, 6) is 0.492. The van der Waals surface area contributed by atoms with E-state index in [1.54, 1.807) is 0 Å². The highest BCUT2D eigenvalue weighted by atomic mass is 16.2. The van der Waals surface area contributed by atoms with Gasteiger partial charge in [0.1, 0.15) is 5.54 Å². The SMILES string of the molecule is CCC(C)CCNC(=O)C1(C)CCc2ccccc2C(=O)N1CCc1ccc(C)cc1. The molecule has 2 atom stereocenters. The van der Waals surface area contributed by atoms with Crippen LogP contribution in [0.2, 0.25) is 0 Å². The third-order valence-corrected chi connectivity index (χ3v) is 6.82. The number of hydrogen-bond acceptors (Lipinski definition) is 2. The van der Waals surface area contributed by atoms with Gasteiger partial charge in [0.2, 0.25) is 5.91 Å². The Hall–Kier alpha value is -2.62. The predicted molar refractivity (Wildman–Crippen MR) is 126 cm³/mol. The molecule has 166 valence electrons. The predicted octanol–water partition coefficient (Wildman–Crippen LogP) is 4.94. The van der Waals surface area contributed by atoms with Crippen LogP contribution in [0, 0.1) is 12.8 Å². The Balaban J connectivity index is 1.84. The first-order valence-corrected chi connectivity index (χ1v) is 11.6. The molecule has 0 spiro atoms. The summed E-state index contributed by atoms with van der Waals surface area (Å²) < 4.78 is 0. The van der Waals surface area contributed by atoms with E-state index in [4.69, 9.17) is 0 Å². The molecule has 0 bridgehead atoms. The molecule has 0 fully saturated rings. The molecule has 1 aliphatic heterocycles. The molecular weight excluding hydrogens is 384 g/mol. The Morgan fingerprint density at radius 3 is 2.58 bits per heavy atom. The first-order chi connectivity index (χ1) is 14.8. The summed E-state index contributed by atoms with van der Waals surface area (Å²) in [6.07, 6.45) is 4.13. The van der Waals surface area contributed by atoms with E-state index in [0.717, 1.165) is 36.8 Å². The molecule has 2 amide bonds. The van der Waals surface area contributed by atoms with Crippen molar-refractivity contribution in [2.24, 2.45) is 5.92 Å². The lowest BCUT2D eigenvalue weighted by atomic mass is 9.91. The number of aryl methyl sites for hydroxylation is 2. The molecule has 1 heterocycles. The lowest BCUT2D eigenvalue weighted by molar-refractivity contribution is -0.131. The molecule has 4 nitrogen and oxygen atoms in total. The van der Waals surface area contributed by atoms with Gasteiger partial charge in [-0.3, -0.25) is 9.59 Å². The number of nitrogens with one attached hydrogen (secondary N) is 1. The molecule has 2 aromatic carbocycles. The van der Waals surface area contributed by atoms with Crippen LogP contribution in [0.3, 0.4) is 0 Å². The van der Waals surface area contributed by atoms with Gasteiger partial charge in [-0.2, -0.15) is 0 Å². The van der Waals surface area contributed by atoms with Crippen LogP contribution in [0.15, 0.2) is 48.5 Å². The molecule has 1 N–H and O–H groups in total. The average molecular weight is 421 g/mol. The Bertz CT molecular complexity index is 906. The third-order valence-electron chi connectivity index (χ3n) is 6.82. The fourth-order valence-electron chi connectivity index (χ4n) is 4.24. The van der Waals surface area contributed by atoms with Crippen molar-refractivity contribution >= 4 is 11.8 Å². The highest BCUT2D eigenvalue weighted by Gasteiger charge is 2.44. The number of fused-ring (bicyclic) bond motifs is 1. The van der Waals surface area contributed by atoms with Gasteiger partial charge in [-0.1, -0.05) is 68.3 Å². The van der Waals surface area contributed by atoms with Crippen molar-refractivity contribution in [1.29, 1.82) is 0 Å². The minimum Gasteiger partial charge on any atom is -0.354 e. The number of benzene rings is 2. The fraction of sp³-hybridized carbons (Fsp3) is 0.481. The van der Waals surface area contributed by atoms with E-state index in [0.29, 0.717) is 25.4 Å². The van der Waals surface area contributed by atoms with Crippen LogP contribution in [-0.4, -0.2) is 35.3 Å². The Morgan fingerprint density at radius 2 is 1.87 bits per heavy atom. The zero-order chi connectivity index (χ0) is 22.4. The summed E-state index contributed by atoms with van der Waals surface area (Å²) >= 11 is 0. The van der Waals surface area contributed by atoms with Crippen molar-refractivity contribution < 1.29 is 9.59 Å². The third kappa shape index (κ3) is 5.36. The van der Waals surface area contributed by atoms with Crippen molar-refractivity contribution in [3.05, 3.63) is 70.8 Å². The zero-order valence-corrected chi connectivity index (χ0v) is 19.4. The molecule has 0 aromatic heterocycles. The smallest absolute Gasteiger partial charge is 0.255 e. The number of nitrogens with zero attached hydrogens (tertiary/aromatic N) is 1. The van der Waals surface area contributed by atoms with Gasteiger partial charge in [-0.05, 0) is 62.6 Å². The topological polar surface area (TPSA) is 49.4 Å². The van der Waals surface area contributed by atoms with E-state index in [-0.39, 0.29) is 11.8 Å². The summed E-state index contributed by atoms with van der Waals surface area (Å²) in [7, 11) is 0. The van der Waals surface area contributed by atoms with E-state index in [1.807, 2.05) is 36.1 Å². The van der Waals surface area contributed by atoms with Crippen molar-refractivity contribution in [3.63, 3.8) is 0 Å². The van der Waals surface area contributed by atoms with Gasteiger partial charge in [-0.25, -0.2) is 0 Å². The summed E-state index contributed by atoms with van der Waals surface area (Å²) in [5, 5.41) is 3.14. The fourth-order valence-corrected chi connectivity index (χ4v) is 4.24. The van der Waals surface area contributed by atoms with Gasteiger partial charge in [0, 0.05) is 18.7 Å². The minimum absolute atomic E-state index is 0.0409. The summed E-state index contributed by atoms with van der Waals surface area (Å²) in [6.45, 7) is 9.54. The molecule has 0 radical (unpaired) electrons. The number of amides is 2. The largest absolute Gasteiger partial charge is 0.354 e. The van der Waals surface area contributed by atoms with Gasteiger partial charge in [0.25, 0.3) is 5.91 Å². The van der Waals surface area contributed by atoms with Crippen LogP contribution < -0.4 is 5.32 Å². The van der Waals surface area contributed by atoms with E-state index in [9.17, 15) is 9.59 Å². The maximum Gasteiger partial charge on any atom is 0.255 e. The summed E-state index contributed by atoms with van der Waals surface area (Å²) in [4.78, 5) is 28.8. The standard InChI is InChI=1S/C27H36N2O2/c1-5-20(2)15-18-28-26(31)27(4)17-14-23-8-6-7-9-24(23)25(30)29(27)19-16-22-12-10-21(3)11-13-22/h6-13,20H,5,14-19H2,1-4H3,(H,28,31). The first kappa shape index (κ1) is 23.1. The lowest BCUT2D eigenvalue weighted by Gasteiger charge is -2.39. The van der Waals surface area contributed by atoms with Gasteiger partial charge in [0.15, 0.2) is 0 Å². The van der Waals surface area contributed by atoms with E-state index in [2.05, 4.69) is 50.4 Å². The maximum absolute atomic E-state index is 13.6. The molecule has 2 aromatic rings. The number of rotatable bonds is 8. The second kappa shape index (κ2) is 10.1. The van der Waals surface area contributed by atoms with Gasteiger partial charge < -0.3 is 10.2 Å². The second-order valence-corrected chi connectivity index (χ2v) is 9.18. The molecule has 0 saturated heterocycles. The van der Waals surface area contributed by atoms with E-state index < -0.39 is 5.54 Å². The highest BCUT2D eigenvalue weighted by Crippen LogP contribution is 2.31. The normalized spacial score (nSPS) is 19.5. The summed E-state index contributed by atoms with van der Waals surface area (Å²) in [6, 6.07) is 16.2. The van der Waals surface area contributed by atoms with Crippen molar-refractivity contribution in [2.75, 3.05) is 13.1 Å². The number of hydrogen-bond donors (Lipinski definition) is 1. The van der Waals surface area contributed by atoms with Crippen molar-refractivity contribution in [1.82, 2.24) is 10.2 Å². The van der Waals surface area contributed by atoms with Crippen LogP contribution in [-0.2, 0) is 17.6 Å². The summed E-state index contributed by atoms with van der Waals surface area (Å²) in [5.41, 5.74) is 3.28. The Labute approximate surface area is 187 Å². The van der Waals surface area contributed by atoms with Crippen LogP contribution in [0.1, 0.15) is 67.1 Å². The van der Waals surface area contributed by atoms with Crippen LogP contribution >= 0.6 is 0 Å². The monoisotopic (exact) mass is 420 g/mol. The molecule has 1 aliphatic rings. The Kier molecular flexibility index (Phi) is 7.53. The molecule has 4 heteroatoms. The van der Waals surface area contributed by atoms with Crippen molar-refractivity contribution in [3.8, 4) is 0 Å². The maximum atomic E-state index is 13.6. The van der Waals surface area contributed by atoms with Gasteiger partial charge in [0.05, 0.1) is 0 Å². The minimum atomic E-state index is -0.865. The number of carbonyl (C=O) groups excluding carboxylic acids is 2. The quantitative estimate of drug-likeness (QED) is 0.658. The van der Waals surface area contributed by atoms with Crippen LogP contribution in [0.25, 0.3) is 0 Å². The average Bonchev–Trinajstić information content (AvgIpc) is 2.88. The van der Waals surface area contributed by atoms with E-state index in [1.165, 1.54) is 11.1 Å². The number of carbonyl (C=O) groups is 2. The molecule has 0 aliphatic carbocycles. The first-order valence-electron chi connectivity index (χ1n) is 11.6. The molecule has 31 heavy (non-hydrogen) atoms. The van der Waals surface area contributed by atoms with E-state index >= 15 is 0 Å². The van der Waals surface area contributed by atoms with Gasteiger partial charge in [-0.15, -0.1) is 0 Å². The zero-order valence-electron chi connectivity index (χ0n) is 19.4.